The maximum absolute atomic E-state index is 12.0. The highest BCUT2D eigenvalue weighted by Crippen LogP contribution is 2.29. The summed E-state index contributed by atoms with van der Waals surface area (Å²) < 4.78 is 36.1. The van der Waals surface area contributed by atoms with Crippen LogP contribution in [0.1, 0.15) is 12.8 Å². The molecule has 0 aliphatic carbocycles. The van der Waals surface area contributed by atoms with Crippen molar-refractivity contribution in [2.75, 3.05) is 19.6 Å². The molecule has 1 amide bonds. The topological polar surface area (TPSA) is 32.3 Å². The highest BCUT2D eigenvalue weighted by atomic mass is 19.4. The molecular formula is C9H13F3N2O. The van der Waals surface area contributed by atoms with E-state index in [0.717, 1.165) is 13.0 Å². The Hall–Kier alpha value is -0.780. The molecule has 1 N–H and O–H groups in total. The average molecular weight is 222 g/mol. The van der Waals surface area contributed by atoms with Crippen molar-refractivity contribution in [2.45, 2.75) is 25.1 Å². The first-order chi connectivity index (χ1) is 6.97. The van der Waals surface area contributed by atoms with Crippen molar-refractivity contribution in [1.82, 2.24) is 10.2 Å². The number of carbonyl (C=O) groups excluding carboxylic acids is 1. The Morgan fingerprint density at radius 2 is 2.13 bits per heavy atom. The summed E-state index contributed by atoms with van der Waals surface area (Å²) >= 11 is 0. The monoisotopic (exact) mass is 222 g/mol. The smallest absolute Gasteiger partial charge is 0.338 e. The predicted molar refractivity (Wildman–Crippen MR) is 47.1 cm³/mol. The summed E-state index contributed by atoms with van der Waals surface area (Å²) in [7, 11) is 0. The number of likely N-dealkylation sites (tertiary alicyclic amines) is 1. The second-order valence-corrected chi connectivity index (χ2v) is 4.15. The maximum Gasteiger partial charge on any atom is 0.397 e. The van der Waals surface area contributed by atoms with Crippen LogP contribution in [0, 0.1) is 5.92 Å². The van der Waals surface area contributed by atoms with Crippen molar-refractivity contribution < 1.29 is 18.0 Å². The molecule has 2 fully saturated rings. The molecule has 2 heterocycles. The molecule has 0 bridgehead atoms. The number of nitrogens with zero attached hydrogens (tertiary/aromatic N) is 1. The zero-order valence-electron chi connectivity index (χ0n) is 8.18. The molecule has 2 saturated heterocycles. The highest BCUT2D eigenvalue weighted by Gasteiger charge is 2.42. The summed E-state index contributed by atoms with van der Waals surface area (Å²) in [4.78, 5) is 12.8. The molecule has 0 aromatic heterocycles. The second kappa shape index (κ2) is 3.66. The van der Waals surface area contributed by atoms with Gasteiger partial charge in [0, 0.05) is 25.7 Å². The molecule has 0 spiro atoms. The fourth-order valence-electron chi connectivity index (χ4n) is 2.43. The van der Waals surface area contributed by atoms with Crippen molar-refractivity contribution in [3.05, 3.63) is 0 Å². The Balaban J connectivity index is 1.96. The lowest BCUT2D eigenvalue weighted by molar-refractivity contribution is -0.161. The van der Waals surface area contributed by atoms with Crippen molar-refractivity contribution in [1.29, 1.82) is 0 Å². The SMILES string of the molecule is O=C(CC(F)(F)F)N1CC[C@H]2CNC[C@H]21. The first-order valence-electron chi connectivity index (χ1n) is 5.04. The zero-order valence-corrected chi connectivity index (χ0v) is 8.18. The predicted octanol–water partition coefficient (Wildman–Crippen LogP) is 0.759. The summed E-state index contributed by atoms with van der Waals surface area (Å²) in [5.74, 6) is -0.430. The number of carbonyl (C=O) groups is 1. The molecule has 2 rings (SSSR count). The van der Waals surface area contributed by atoms with E-state index in [-0.39, 0.29) is 6.04 Å². The van der Waals surface area contributed by atoms with Gasteiger partial charge in [0.1, 0.15) is 6.42 Å². The van der Waals surface area contributed by atoms with Crippen LogP contribution < -0.4 is 5.32 Å². The molecule has 0 unspecified atom stereocenters. The summed E-state index contributed by atoms with van der Waals surface area (Å²) in [6.07, 6.45) is -4.89. The van der Waals surface area contributed by atoms with E-state index in [2.05, 4.69) is 5.32 Å². The molecule has 0 aromatic rings. The number of hydrogen-bond donors (Lipinski definition) is 1. The van der Waals surface area contributed by atoms with E-state index in [1.54, 1.807) is 0 Å². The Morgan fingerprint density at radius 3 is 2.80 bits per heavy atom. The lowest BCUT2D eigenvalue weighted by atomic mass is 10.1. The number of hydrogen-bond acceptors (Lipinski definition) is 2. The van der Waals surface area contributed by atoms with Crippen LogP contribution in [0.4, 0.5) is 13.2 Å². The van der Waals surface area contributed by atoms with Gasteiger partial charge in [-0.05, 0) is 12.3 Å². The first-order valence-corrected chi connectivity index (χ1v) is 5.04. The van der Waals surface area contributed by atoms with E-state index in [1.165, 1.54) is 4.90 Å². The van der Waals surface area contributed by atoms with E-state index in [0.29, 0.717) is 19.0 Å². The third-order valence-corrected chi connectivity index (χ3v) is 3.12. The first kappa shape index (κ1) is 10.7. The molecule has 2 aliphatic rings. The Labute approximate surface area is 85.6 Å². The van der Waals surface area contributed by atoms with Crippen LogP contribution in [-0.2, 0) is 4.79 Å². The second-order valence-electron chi connectivity index (χ2n) is 4.15. The standard InChI is InChI=1S/C9H13F3N2O/c10-9(11,12)3-8(15)14-2-1-6-4-13-5-7(6)14/h6-7,13H,1-5H2/t6-,7+/m0/s1. The van der Waals surface area contributed by atoms with Crippen molar-refractivity contribution in [3.8, 4) is 0 Å². The van der Waals surface area contributed by atoms with Gasteiger partial charge < -0.3 is 10.2 Å². The van der Waals surface area contributed by atoms with Crippen LogP contribution in [0.2, 0.25) is 0 Å². The summed E-state index contributed by atoms with van der Waals surface area (Å²) in [5, 5.41) is 3.10. The summed E-state index contributed by atoms with van der Waals surface area (Å²) in [6.45, 7) is 1.93. The highest BCUT2D eigenvalue weighted by molar-refractivity contribution is 5.77. The van der Waals surface area contributed by atoms with Gasteiger partial charge in [0.2, 0.25) is 5.91 Å². The molecule has 15 heavy (non-hydrogen) atoms. The summed E-state index contributed by atoms with van der Waals surface area (Å²) in [5.41, 5.74) is 0. The van der Waals surface area contributed by atoms with E-state index in [9.17, 15) is 18.0 Å². The van der Waals surface area contributed by atoms with Gasteiger partial charge in [-0.25, -0.2) is 0 Å². The summed E-state index contributed by atoms with van der Waals surface area (Å²) in [6, 6.07) is -0.0140. The van der Waals surface area contributed by atoms with Crippen LogP contribution >= 0.6 is 0 Å². The number of amides is 1. The Kier molecular flexibility index (Phi) is 2.62. The third-order valence-electron chi connectivity index (χ3n) is 3.12. The number of rotatable bonds is 1. The van der Waals surface area contributed by atoms with Gasteiger partial charge in [-0.1, -0.05) is 0 Å². The number of fused-ring (bicyclic) bond motifs is 1. The maximum atomic E-state index is 12.0. The molecule has 0 aromatic carbocycles. The molecular weight excluding hydrogens is 209 g/mol. The Morgan fingerprint density at radius 1 is 1.40 bits per heavy atom. The van der Waals surface area contributed by atoms with Gasteiger partial charge in [0.15, 0.2) is 0 Å². The van der Waals surface area contributed by atoms with E-state index in [4.69, 9.17) is 0 Å². The van der Waals surface area contributed by atoms with E-state index >= 15 is 0 Å². The lowest BCUT2D eigenvalue weighted by Gasteiger charge is -2.23. The van der Waals surface area contributed by atoms with Crippen LogP contribution in [0.15, 0.2) is 0 Å². The minimum Gasteiger partial charge on any atom is -0.338 e. The van der Waals surface area contributed by atoms with Crippen LogP contribution in [0.25, 0.3) is 0 Å². The van der Waals surface area contributed by atoms with Gasteiger partial charge >= 0.3 is 6.18 Å². The Bertz CT molecular complexity index is 267. The van der Waals surface area contributed by atoms with Gasteiger partial charge in [-0.3, -0.25) is 4.79 Å². The molecule has 2 atom stereocenters. The minimum atomic E-state index is -4.39. The average Bonchev–Trinajstić information content (AvgIpc) is 2.57. The molecule has 86 valence electrons. The van der Waals surface area contributed by atoms with Gasteiger partial charge in [-0.2, -0.15) is 13.2 Å². The molecule has 0 radical (unpaired) electrons. The van der Waals surface area contributed by atoms with Crippen LogP contribution in [0.3, 0.4) is 0 Å². The van der Waals surface area contributed by atoms with Crippen LogP contribution in [0.5, 0.6) is 0 Å². The minimum absolute atomic E-state index is 0.0140. The molecule has 6 heteroatoms. The van der Waals surface area contributed by atoms with Crippen molar-refractivity contribution in [2.24, 2.45) is 5.92 Å². The van der Waals surface area contributed by atoms with E-state index in [1.807, 2.05) is 0 Å². The fourth-order valence-corrected chi connectivity index (χ4v) is 2.43. The molecule has 2 aliphatic heterocycles. The van der Waals surface area contributed by atoms with Crippen molar-refractivity contribution in [3.63, 3.8) is 0 Å². The lowest BCUT2D eigenvalue weighted by Crippen LogP contribution is -2.40. The van der Waals surface area contributed by atoms with Gasteiger partial charge in [-0.15, -0.1) is 0 Å². The quantitative estimate of drug-likeness (QED) is 0.710. The number of alkyl halides is 3. The van der Waals surface area contributed by atoms with Crippen molar-refractivity contribution >= 4 is 5.91 Å². The normalized spacial score (nSPS) is 30.7. The zero-order chi connectivity index (χ0) is 11.1. The molecule has 3 nitrogen and oxygen atoms in total. The van der Waals surface area contributed by atoms with E-state index < -0.39 is 18.5 Å². The fraction of sp³-hybridized carbons (Fsp3) is 0.889. The molecule has 0 saturated carbocycles. The van der Waals surface area contributed by atoms with Gasteiger partial charge in [0.05, 0.1) is 0 Å². The number of nitrogens with one attached hydrogen (secondary N) is 1. The van der Waals surface area contributed by atoms with Gasteiger partial charge in [0.25, 0.3) is 0 Å². The number of halogens is 3. The largest absolute Gasteiger partial charge is 0.397 e. The third kappa shape index (κ3) is 2.25. The van der Waals surface area contributed by atoms with Crippen LogP contribution in [-0.4, -0.2) is 42.7 Å².